The predicted octanol–water partition coefficient (Wildman–Crippen LogP) is 1.69. The number of hydrogen-bond acceptors (Lipinski definition) is 4. The van der Waals surface area contributed by atoms with Gasteiger partial charge in [-0.3, -0.25) is 9.59 Å². The average molecular weight is 307 g/mol. The van der Waals surface area contributed by atoms with Crippen LogP contribution in [0, 0.1) is 11.8 Å². The first kappa shape index (κ1) is 16.1. The first-order chi connectivity index (χ1) is 10.6. The molecule has 1 aliphatic carbocycles. The molecule has 120 valence electrons. The lowest BCUT2D eigenvalue weighted by Crippen LogP contribution is -2.44. The molecule has 0 aromatic heterocycles. The second-order valence-electron chi connectivity index (χ2n) is 5.30. The number of carboxylic acids is 1. The summed E-state index contributed by atoms with van der Waals surface area (Å²) in [6.07, 6.45) is 1.92. The third-order valence-electron chi connectivity index (χ3n) is 3.88. The lowest BCUT2D eigenvalue weighted by Gasteiger charge is -2.31. The van der Waals surface area contributed by atoms with Gasteiger partial charge in [0.05, 0.1) is 25.6 Å². The number of carboxylic acid groups (broad SMARTS) is 1. The lowest BCUT2D eigenvalue weighted by molar-refractivity contribution is -0.152. The fourth-order valence-corrected chi connectivity index (χ4v) is 2.39. The number of amides is 1. The monoisotopic (exact) mass is 307 g/mol. The van der Waals surface area contributed by atoms with Crippen molar-refractivity contribution in [2.45, 2.75) is 19.3 Å². The van der Waals surface area contributed by atoms with Crippen LogP contribution in [-0.2, 0) is 9.59 Å². The minimum atomic E-state index is -0.880. The van der Waals surface area contributed by atoms with Crippen LogP contribution >= 0.6 is 0 Å². The first-order valence-electron chi connectivity index (χ1n) is 7.39. The van der Waals surface area contributed by atoms with E-state index in [1.165, 1.54) is 0 Å². The molecule has 0 heterocycles. The van der Waals surface area contributed by atoms with Crippen LogP contribution in [0.1, 0.15) is 19.3 Å². The number of methoxy groups -OCH3 is 1. The molecule has 0 radical (unpaired) electrons. The summed E-state index contributed by atoms with van der Waals surface area (Å²) in [6, 6.07) is 7.28. The molecule has 2 unspecified atom stereocenters. The molecule has 6 heteroatoms. The third-order valence-corrected chi connectivity index (χ3v) is 3.88. The van der Waals surface area contributed by atoms with Gasteiger partial charge in [0, 0.05) is 6.54 Å². The Morgan fingerprint density at radius 2 is 1.82 bits per heavy atom. The van der Waals surface area contributed by atoms with Crippen LogP contribution in [-0.4, -0.2) is 37.2 Å². The zero-order chi connectivity index (χ0) is 15.9. The zero-order valence-corrected chi connectivity index (χ0v) is 12.6. The fraction of sp³-hybridized carbons (Fsp3) is 0.500. The number of aliphatic carboxylic acids is 1. The molecule has 0 bridgehead atoms. The van der Waals surface area contributed by atoms with E-state index in [9.17, 15) is 9.59 Å². The Morgan fingerprint density at radius 3 is 2.36 bits per heavy atom. The predicted molar refractivity (Wildman–Crippen MR) is 80.0 cm³/mol. The normalized spacial score (nSPS) is 19.9. The van der Waals surface area contributed by atoms with Crippen LogP contribution in [0.2, 0.25) is 0 Å². The molecule has 1 fully saturated rings. The molecule has 1 aliphatic rings. The van der Waals surface area contributed by atoms with Crippen molar-refractivity contribution in [3.63, 3.8) is 0 Å². The summed E-state index contributed by atoms with van der Waals surface area (Å²) in [6.45, 7) is 0.970. The van der Waals surface area contributed by atoms with Gasteiger partial charge in [0.1, 0.15) is 11.5 Å². The number of nitrogens with one attached hydrogen (secondary N) is 1. The van der Waals surface area contributed by atoms with Gasteiger partial charge < -0.3 is 19.9 Å². The number of carbonyl (C=O) groups excluding carboxylic acids is 1. The highest BCUT2D eigenvalue weighted by Gasteiger charge is 2.41. The minimum absolute atomic E-state index is 0.164. The van der Waals surface area contributed by atoms with E-state index in [0.29, 0.717) is 32.4 Å². The van der Waals surface area contributed by atoms with Crippen LogP contribution in [0.15, 0.2) is 24.3 Å². The Hall–Kier alpha value is -2.24. The maximum Gasteiger partial charge on any atom is 0.307 e. The maximum atomic E-state index is 11.8. The summed E-state index contributed by atoms with van der Waals surface area (Å²) >= 11 is 0. The van der Waals surface area contributed by atoms with Gasteiger partial charge in [-0.2, -0.15) is 0 Å². The van der Waals surface area contributed by atoms with Crippen LogP contribution in [0.5, 0.6) is 11.5 Å². The number of benzene rings is 1. The van der Waals surface area contributed by atoms with Crippen molar-refractivity contribution >= 4 is 11.9 Å². The Balaban J connectivity index is 1.61. The second-order valence-corrected chi connectivity index (χ2v) is 5.30. The summed E-state index contributed by atoms with van der Waals surface area (Å²) in [7, 11) is 1.61. The van der Waals surface area contributed by atoms with Crippen LogP contribution in [0.3, 0.4) is 0 Å². The molecule has 0 saturated heterocycles. The Bertz CT molecular complexity index is 514. The topological polar surface area (TPSA) is 84.9 Å². The van der Waals surface area contributed by atoms with Gasteiger partial charge in [0.15, 0.2) is 0 Å². The standard InChI is InChI=1S/C16H21NO5/c1-21-11-3-5-12(6-4-11)22-10-2-9-17-15(18)13-7-8-14(13)16(19)20/h3-6,13-14H,2,7-10H2,1H3,(H,17,18)(H,19,20). The van der Waals surface area contributed by atoms with Crippen molar-refractivity contribution in [2.75, 3.05) is 20.3 Å². The van der Waals surface area contributed by atoms with Gasteiger partial charge in [0.25, 0.3) is 0 Å². The van der Waals surface area contributed by atoms with Crippen molar-refractivity contribution in [3.05, 3.63) is 24.3 Å². The summed E-state index contributed by atoms with van der Waals surface area (Å²) in [5.41, 5.74) is 0. The second kappa shape index (κ2) is 7.68. The highest BCUT2D eigenvalue weighted by molar-refractivity contribution is 5.86. The average Bonchev–Trinajstić information content (AvgIpc) is 2.45. The van der Waals surface area contributed by atoms with Crippen LogP contribution < -0.4 is 14.8 Å². The highest BCUT2D eigenvalue weighted by atomic mass is 16.5. The van der Waals surface area contributed by atoms with E-state index in [1.807, 2.05) is 24.3 Å². The van der Waals surface area contributed by atoms with Crippen molar-refractivity contribution in [1.82, 2.24) is 5.32 Å². The summed E-state index contributed by atoms with van der Waals surface area (Å²) in [5.74, 6) is -0.418. The van der Waals surface area contributed by atoms with Crippen molar-refractivity contribution < 1.29 is 24.2 Å². The molecule has 0 spiro atoms. The van der Waals surface area contributed by atoms with Gasteiger partial charge in [-0.05, 0) is 43.5 Å². The number of carbonyl (C=O) groups is 2. The minimum Gasteiger partial charge on any atom is -0.497 e. The van der Waals surface area contributed by atoms with Crippen LogP contribution in [0.25, 0.3) is 0 Å². The summed E-state index contributed by atoms with van der Waals surface area (Å²) in [4.78, 5) is 22.7. The largest absolute Gasteiger partial charge is 0.497 e. The molecular formula is C16H21NO5. The van der Waals surface area contributed by atoms with E-state index < -0.39 is 11.9 Å². The lowest BCUT2D eigenvalue weighted by atomic mass is 9.73. The van der Waals surface area contributed by atoms with Gasteiger partial charge in [-0.15, -0.1) is 0 Å². The number of rotatable bonds is 8. The first-order valence-corrected chi connectivity index (χ1v) is 7.39. The van der Waals surface area contributed by atoms with Gasteiger partial charge >= 0.3 is 5.97 Å². The maximum absolute atomic E-state index is 11.8. The molecule has 1 amide bonds. The van der Waals surface area contributed by atoms with Crippen LogP contribution in [0.4, 0.5) is 0 Å². The molecule has 1 aromatic carbocycles. The van der Waals surface area contributed by atoms with E-state index in [2.05, 4.69) is 5.32 Å². The highest BCUT2D eigenvalue weighted by Crippen LogP contribution is 2.34. The van der Waals surface area contributed by atoms with E-state index in [0.717, 1.165) is 11.5 Å². The Kier molecular flexibility index (Phi) is 5.63. The zero-order valence-electron chi connectivity index (χ0n) is 12.6. The van der Waals surface area contributed by atoms with Crippen molar-refractivity contribution in [3.8, 4) is 11.5 Å². The molecule has 0 aliphatic heterocycles. The van der Waals surface area contributed by atoms with Gasteiger partial charge in [-0.1, -0.05) is 0 Å². The summed E-state index contributed by atoms with van der Waals surface area (Å²) in [5, 5.41) is 11.7. The quantitative estimate of drug-likeness (QED) is 0.714. The Labute approximate surface area is 129 Å². The smallest absolute Gasteiger partial charge is 0.307 e. The molecule has 1 aromatic rings. The molecule has 1 saturated carbocycles. The number of hydrogen-bond donors (Lipinski definition) is 2. The molecule has 2 rings (SSSR count). The van der Waals surface area contributed by atoms with Gasteiger partial charge in [-0.25, -0.2) is 0 Å². The summed E-state index contributed by atoms with van der Waals surface area (Å²) < 4.78 is 10.6. The third kappa shape index (κ3) is 4.13. The van der Waals surface area contributed by atoms with Gasteiger partial charge in [0.2, 0.25) is 5.91 Å². The fourth-order valence-electron chi connectivity index (χ4n) is 2.39. The van der Waals surface area contributed by atoms with E-state index in [1.54, 1.807) is 7.11 Å². The SMILES string of the molecule is COc1ccc(OCCCNC(=O)C2CCC2C(=O)O)cc1. The molecule has 2 atom stereocenters. The van der Waals surface area contributed by atoms with E-state index in [4.69, 9.17) is 14.6 Å². The van der Waals surface area contributed by atoms with E-state index >= 15 is 0 Å². The molecule has 6 nitrogen and oxygen atoms in total. The molecular weight excluding hydrogens is 286 g/mol. The van der Waals surface area contributed by atoms with E-state index in [-0.39, 0.29) is 11.8 Å². The van der Waals surface area contributed by atoms with Crippen molar-refractivity contribution in [1.29, 1.82) is 0 Å². The number of ether oxygens (including phenoxy) is 2. The molecule has 2 N–H and O–H groups in total. The van der Waals surface area contributed by atoms with Crippen molar-refractivity contribution in [2.24, 2.45) is 11.8 Å². The Morgan fingerprint density at radius 1 is 1.18 bits per heavy atom. The molecule has 22 heavy (non-hydrogen) atoms.